The van der Waals surface area contributed by atoms with Gasteiger partial charge in [-0.05, 0) is 47.8 Å². The molecule has 7 nitrogen and oxygen atoms in total. The Labute approximate surface area is 164 Å². The Morgan fingerprint density at radius 1 is 0.893 bits per heavy atom. The molecule has 0 fully saturated rings. The van der Waals surface area contributed by atoms with Gasteiger partial charge in [-0.2, -0.15) is 0 Å². The van der Waals surface area contributed by atoms with Crippen molar-refractivity contribution in [1.29, 1.82) is 0 Å². The fourth-order valence-electron chi connectivity index (χ4n) is 2.31. The molecule has 3 rings (SSSR count). The van der Waals surface area contributed by atoms with Gasteiger partial charge in [0.2, 0.25) is 0 Å². The molecule has 3 aromatic rings. The van der Waals surface area contributed by atoms with Crippen molar-refractivity contribution in [2.45, 2.75) is 0 Å². The smallest absolute Gasteiger partial charge is 0.265 e. The largest absolute Gasteiger partial charge is 0.546 e. The molecule has 0 aliphatic carbocycles. The second-order valence-corrected chi connectivity index (χ2v) is 6.60. The first-order valence-electron chi connectivity index (χ1n) is 8.20. The molecule has 0 radical (unpaired) electrons. The van der Waals surface area contributed by atoms with E-state index in [1.807, 2.05) is 5.38 Å². The average molecular weight is 395 g/mol. The van der Waals surface area contributed by atoms with Gasteiger partial charge in [-0.15, -0.1) is 11.3 Å². The van der Waals surface area contributed by atoms with Crippen LogP contribution in [0.1, 0.15) is 20.0 Å². The van der Waals surface area contributed by atoms with E-state index in [0.717, 1.165) is 0 Å². The molecule has 2 N–H and O–H groups in total. The van der Waals surface area contributed by atoms with E-state index < -0.39 is 12.6 Å². The van der Waals surface area contributed by atoms with Gasteiger partial charge < -0.3 is 25.3 Å². The van der Waals surface area contributed by atoms with Crippen LogP contribution in [0.25, 0.3) is 0 Å². The van der Waals surface area contributed by atoms with Crippen molar-refractivity contribution in [3.8, 4) is 5.75 Å². The number of benzene rings is 2. The monoisotopic (exact) mass is 395 g/mol. The van der Waals surface area contributed by atoms with Crippen LogP contribution in [0, 0.1) is 0 Å². The summed E-state index contributed by atoms with van der Waals surface area (Å²) in [6.45, 7) is -0.573. The van der Waals surface area contributed by atoms with Crippen LogP contribution in [0.4, 0.5) is 11.4 Å². The second kappa shape index (κ2) is 8.83. The maximum atomic E-state index is 12.4. The number of carboxylic acids is 1. The summed E-state index contributed by atoms with van der Waals surface area (Å²) in [7, 11) is 0. The predicted octanol–water partition coefficient (Wildman–Crippen LogP) is 2.38. The normalized spacial score (nSPS) is 10.1. The Balaban J connectivity index is 1.61. The van der Waals surface area contributed by atoms with Crippen molar-refractivity contribution in [1.82, 2.24) is 0 Å². The van der Waals surface area contributed by atoms with Crippen LogP contribution < -0.4 is 20.5 Å². The zero-order valence-corrected chi connectivity index (χ0v) is 15.3. The maximum Gasteiger partial charge on any atom is 0.265 e. The molecule has 0 saturated heterocycles. The molecule has 0 saturated carbocycles. The van der Waals surface area contributed by atoms with E-state index in [1.54, 1.807) is 54.6 Å². The quantitative estimate of drug-likeness (QED) is 0.639. The van der Waals surface area contributed by atoms with Crippen molar-refractivity contribution < 1.29 is 24.2 Å². The average Bonchev–Trinajstić information content (AvgIpc) is 3.22. The highest BCUT2D eigenvalue weighted by atomic mass is 32.1. The van der Waals surface area contributed by atoms with Crippen LogP contribution in [0.3, 0.4) is 0 Å². The number of aliphatic carboxylic acids is 1. The third-order valence-corrected chi connectivity index (χ3v) is 4.47. The zero-order valence-electron chi connectivity index (χ0n) is 14.5. The Bertz CT molecular complexity index is 984. The molecule has 1 aromatic heterocycles. The standard InChI is InChI=1S/C20H16N2O5S/c23-18(24)12-27-16-4-1-3-15(11-16)22-19(25)13-6-8-14(9-7-13)21-20(26)17-5-2-10-28-17/h1-11H,12H2,(H,21,26)(H,22,25)(H,23,24)/p-1. The van der Waals surface area contributed by atoms with Gasteiger partial charge in [0, 0.05) is 23.0 Å². The van der Waals surface area contributed by atoms with Gasteiger partial charge in [0.1, 0.15) is 12.4 Å². The molecule has 1 heterocycles. The summed E-state index contributed by atoms with van der Waals surface area (Å²) >= 11 is 1.34. The predicted molar refractivity (Wildman–Crippen MR) is 104 cm³/mol. The summed E-state index contributed by atoms with van der Waals surface area (Å²) < 4.78 is 5.03. The van der Waals surface area contributed by atoms with E-state index in [1.165, 1.54) is 17.4 Å². The topological polar surface area (TPSA) is 108 Å². The van der Waals surface area contributed by atoms with Gasteiger partial charge in [-0.25, -0.2) is 0 Å². The number of carbonyl (C=O) groups is 3. The molecule has 0 aliphatic heterocycles. The van der Waals surface area contributed by atoms with Crippen molar-refractivity contribution in [2.24, 2.45) is 0 Å². The van der Waals surface area contributed by atoms with Crippen LogP contribution in [-0.4, -0.2) is 24.4 Å². The highest BCUT2D eigenvalue weighted by Crippen LogP contribution is 2.19. The van der Waals surface area contributed by atoms with E-state index in [0.29, 0.717) is 27.6 Å². The lowest BCUT2D eigenvalue weighted by molar-refractivity contribution is -0.307. The molecular weight excluding hydrogens is 380 g/mol. The number of anilines is 2. The van der Waals surface area contributed by atoms with E-state index >= 15 is 0 Å². The number of rotatable bonds is 7. The first kappa shape index (κ1) is 19.1. The summed E-state index contributed by atoms with van der Waals surface area (Å²) in [6.07, 6.45) is 0. The third kappa shape index (κ3) is 5.18. The van der Waals surface area contributed by atoms with Gasteiger partial charge in [0.25, 0.3) is 11.8 Å². The lowest BCUT2D eigenvalue weighted by Crippen LogP contribution is -2.28. The fourth-order valence-corrected chi connectivity index (χ4v) is 2.93. The minimum atomic E-state index is -1.33. The minimum Gasteiger partial charge on any atom is -0.546 e. The van der Waals surface area contributed by atoms with E-state index in [-0.39, 0.29) is 11.8 Å². The van der Waals surface area contributed by atoms with Crippen LogP contribution in [-0.2, 0) is 4.79 Å². The summed E-state index contributed by atoms with van der Waals surface area (Å²) in [5, 5.41) is 17.7. The Hall–Kier alpha value is -3.65. The fraction of sp³-hybridized carbons (Fsp3) is 0.0500. The number of thiophene rings is 1. The number of hydrogen-bond acceptors (Lipinski definition) is 6. The van der Waals surface area contributed by atoms with Crippen molar-refractivity contribution in [2.75, 3.05) is 17.2 Å². The first-order chi connectivity index (χ1) is 13.5. The number of carboxylic acid groups (broad SMARTS) is 1. The summed E-state index contributed by atoms with van der Waals surface area (Å²) in [5.74, 6) is -1.59. The number of ether oxygens (including phenoxy) is 1. The molecule has 0 atom stereocenters. The van der Waals surface area contributed by atoms with E-state index in [4.69, 9.17) is 4.74 Å². The number of hydrogen-bond donors (Lipinski definition) is 2. The minimum absolute atomic E-state index is 0.208. The van der Waals surface area contributed by atoms with Crippen LogP contribution >= 0.6 is 11.3 Å². The highest BCUT2D eigenvalue weighted by molar-refractivity contribution is 7.12. The molecule has 2 aromatic carbocycles. The number of amides is 2. The number of nitrogens with one attached hydrogen (secondary N) is 2. The lowest BCUT2D eigenvalue weighted by Gasteiger charge is -2.10. The molecule has 2 amide bonds. The molecular formula is C20H15N2O5S-. The van der Waals surface area contributed by atoms with Crippen LogP contribution in [0.5, 0.6) is 5.75 Å². The molecule has 0 aliphatic rings. The van der Waals surface area contributed by atoms with Gasteiger partial charge in [-0.1, -0.05) is 12.1 Å². The molecule has 8 heteroatoms. The SMILES string of the molecule is O=C([O-])COc1cccc(NC(=O)c2ccc(NC(=O)c3cccs3)cc2)c1. The molecule has 0 spiro atoms. The van der Waals surface area contributed by atoms with E-state index in [2.05, 4.69) is 10.6 Å². The van der Waals surface area contributed by atoms with Gasteiger partial charge in [0.05, 0.1) is 10.8 Å². The summed E-state index contributed by atoms with van der Waals surface area (Å²) in [4.78, 5) is 35.4. The summed E-state index contributed by atoms with van der Waals surface area (Å²) in [6, 6.07) is 16.4. The zero-order chi connectivity index (χ0) is 19.9. The van der Waals surface area contributed by atoms with Crippen molar-refractivity contribution in [3.05, 3.63) is 76.5 Å². The Morgan fingerprint density at radius 2 is 1.64 bits per heavy atom. The highest BCUT2D eigenvalue weighted by Gasteiger charge is 2.09. The van der Waals surface area contributed by atoms with Gasteiger partial charge in [-0.3, -0.25) is 9.59 Å². The molecule has 28 heavy (non-hydrogen) atoms. The van der Waals surface area contributed by atoms with Gasteiger partial charge >= 0.3 is 0 Å². The van der Waals surface area contributed by atoms with Crippen LogP contribution in [0.2, 0.25) is 0 Å². The van der Waals surface area contributed by atoms with E-state index in [9.17, 15) is 19.5 Å². The molecule has 142 valence electrons. The second-order valence-electron chi connectivity index (χ2n) is 5.65. The van der Waals surface area contributed by atoms with Crippen molar-refractivity contribution in [3.63, 3.8) is 0 Å². The first-order valence-corrected chi connectivity index (χ1v) is 9.08. The maximum absolute atomic E-state index is 12.4. The Morgan fingerprint density at radius 3 is 2.32 bits per heavy atom. The van der Waals surface area contributed by atoms with Crippen LogP contribution in [0.15, 0.2) is 66.0 Å². The lowest BCUT2D eigenvalue weighted by atomic mass is 10.2. The van der Waals surface area contributed by atoms with Gasteiger partial charge in [0.15, 0.2) is 0 Å². The third-order valence-electron chi connectivity index (χ3n) is 3.60. The summed E-state index contributed by atoms with van der Waals surface area (Å²) in [5.41, 5.74) is 1.43. The molecule has 0 unspecified atom stereocenters. The number of carbonyl (C=O) groups excluding carboxylic acids is 3. The Kier molecular flexibility index (Phi) is 6.03. The van der Waals surface area contributed by atoms with Crippen molar-refractivity contribution >= 4 is 40.5 Å². The molecule has 0 bridgehead atoms.